The maximum Gasteiger partial charge on any atom is 0.252 e. The second-order valence-corrected chi connectivity index (χ2v) is 7.05. The van der Waals surface area contributed by atoms with Crippen LogP contribution in [0.3, 0.4) is 0 Å². The fourth-order valence-corrected chi connectivity index (χ4v) is 3.74. The smallest absolute Gasteiger partial charge is 0.252 e. The first-order valence-corrected chi connectivity index (χ1v) is 8.23. The van der Waals surface area contributed by atoms with E-state index in [2.05, 4.69) is 21.2 Å². The second kappa shape index (κ2) is 6.83. The summed E-state index contributed by atoms with van der Waals surface area (Å²) in [7, 11) is 0. The first kappa shape index (κ1) is 14.2. The molecule has 1 amide bonds. The van der Waals surface area contributed by atoms with Crippen LogP contribution in [0.2, 0.25) is 5.02 Å². The first-order valence-electron chi connectivity index (χ1n) is 6.01. The third-order valence-electron chi connectivity index (χ3n) is 2.94. The number of thioether (sulfide) groups is 1. The Morgan fingerprint density at radius 3 is 3.06 bits per heavy atom. The summed E-state index contributed by atoms with van der Waals surface area (Å²) in [4.78, 5) is 12.0. The van der Waals surface area contributed by atoms with Crippen molar-refractivity contribution < 1.29 is 4.79 Å². The Morgan fingerprint density at radius 1 is 1.50 bits per heavy atom. The van der Waals surface area contributed by atoms with Crippen LogP contribution < -0.4 is 5.32 Å². The summed E-state index contributed by atoms with van der Waals surface area (Å²) in [6.45, 7) is 0.729. The monoisotopic (exact) mass is 347 g/mol. The van der Waals surface area contributed by atoms with E-state index in [4.69, 9.17) is 11.6 Å². The van der Waals surface area contributed by atoms with Gasteiger partial charge in [0.1, 0.15) is 0 Å². The SMILES string of the molecule is O=C(NCC1CCCCS1)c1cc(Br)ccc1Cl. The molecule has 2 rings (SSSR count). The number of carbonyl (C=O) groups excluding carboxylic acids is 1. The molecule has 0 radical (unpaired) electrons. The molecule has 1 N–H and O–H groups in total. The van der Waals surface area contributed by atoms with Crippen LogP contribution in [-0.4, -0.2) is 23.5 Å². The molecule has 1 aromatic rings. The minimum absolute atomic E-state index is 0.0903. The van der Waals surface area contributed by atoms with Gasteiger partial charge >= 0.3 is 0 Å². The molecular formula is C13H15BrClNOS. The topological polar surface area (TPSA) is 29.1 Å². The van der Waals surface area contributed by atoms with E-state index in [9.17, 15) is 4.79 Å². The summed E-state index contributed by atoms with van der Waals surface area (Å²) in [5.41, 5.74) is 0.534. The largest absolute Gasteiger partial charge is 0.351 e. The predicted octanol–water partition coefficient (Wildman–Crippen LogP) is 4.12. The van der Waals surface area contributed by atoms with Gasteiger partial charge in [-0.1, -0.05) is 34.0 Å². The number of amides is 1. The summed E-state index contributed by atoms with van der Waals surface area (Å²) in [6, 6.07) is 5.32. The highest BCUT2D eigenvalue weighted by Crippen LogP contribution is 2.25. The summed E-state index contributed by atoms with van der Waals surface area (Å²) < 4.78 is 0.865. The van der Waals surface area contributed by atoms with Gasteiger partial charge in [-0.2, -0.15) is 11.8 Å². The Bertz CT molecular complexity index is 435. The van der Waals surface area contributed by atoms with E-state index in [0.717, 1.165) is 11.0 Å². The average Bonchev–Trinajstić information content (AvgIpc) is 2.40. The third kappa shape index (κ3) is 3.90. The van der Waals surface area contributed by atoms with Crippen LogP contribution in [0, 0.1) is 0 Å². The molecule has 0 aromatic heterocycles. The van der Waals surface area contributed by atoms with E-state index in [0.29, 0.717) is 15.8 Å². The molecule has 1 unspecified atom stereocenters. The number of rotatable bonds is 3. The van der Waals surface area contributed by atoms with Gasteiger partial charge in [-0.25, -0.2) is 0 Å². The van der Waals surface area contributed by atoms with Crippen molar-refractivity contribution in [3.05, 3.63) is 33.3 Å². The van der Waals surface area contributed by atoms with E-state index in [1.807, 2.05) is 17.8 Å². The summed E-state index contributed by atoms with van der Waals surface area (Å²) in [6.07, 6.45) is 3.76. The lowest BCUT2D eigenvalue weighted by Crippen LogP contribution is -2.32. The van der Waals surface area contributed by atoms with Crippen LogP contribution >= 0.6 is 39.3 Å². The van der Waals surface area contributed by atoms with E-state index in [1.54, 1.807) is 12.1 Å². The van der Waals surface area contributed by atoms with Crippen molar-refractivity contribution in [3.63, 3.8) is 0 Å². The van der Waals surface area contributed by atoms with Gasteiger partial charge in [-0.05, 0) is 36.8 Å². The molecule has 1 atom stereocenters. The van der Waals surface area contributed by atoms with Gasteiger partial charge in [-0.3, -0.25) is 4.79 Å². The van der Waals surface area contributed by atoms with E-state index >= 15 is 0 Å². The number of nitrogens with one attached hydrogen (secondary N) is 1. The van der Waals surface area contributed by atoms with Gasteiger partial charge in [-0.15, -0.1) is 0 Å². The minimum Gasteiger partial charge on any atom is -0.351 e. The Hall–Kier alpha value is -0.190. The van der Waals surface area contributed by atoms with Crippen molar-refractivity contribution in [1.29, 1.82) is 0 Å². The first-order chi connectivity index (χ1) is 8.66. The summed E-state index contributed by atoms with van der Waals surface area (Å²) in [5, 5.41) is 4.01. The van der Waals surface area contributed by atoms with Crippen molar-refractivity contribution in [1.82, 2.24) is 5.32 Å². The van der Waals surface area contributed by atoms with Gasteiger partial charge in [0, 0.05) is 16.3 Å². The fraction of sp³-hybridized carbons (Fsp3) is 0.462. The molecule has 18 heavy (non-hydrogen) atoms. The Balaban J connectivity index is 1.92. The summed E-state index contributed by atoms with van der Waals surface area (Å²) >= 11 is 11.3. The predicted molar refractivity (Wildman–Crippen MR) is 81.6 cm³/mol. The molecule has 1 heterocycles. The van der Waals surface area contributed by atoms with Crippen LogP contribution in [0.1, 0.15) is 29.6 Å². The molecular weight excluding hydrogens is 334 g/mol. The average molecular weight is 349 g/mol. The number of halogens is 2. The lowest BCUT2D eigenvalue weighted by Gasteiger charge is -2.21. The maximum absolute atomic E-state index is 12.0. The van der Waals surface area contributed by atoms with Crippen LogP contribution in [0.25, 0.3) is 0 Å². The Morgan fingerprint density at radius 2 is 2.33 bits per heavy atom. The summed E-state index contributed by atoms with van der Waals surface area (Å²) in [5.74, 6) is 1.12. The molecule has 1 aromatic carbocycles. The van der Waals surface area contributed by atoms with Crippen molar-refractivity contribution in [2.75, 3.05) is 12.3 Å². The lowest BCUT2D eigenvalue weighted by atomic mass is 10.1. The highest BCUT2D eigenvalue weighted by atomic mass is 79.9. The second-order valence-electron chi connectivity index (χ2n) is 4.32. The molecule has 0 saturated carbocycles. The zero-order valence-electron chi connectivity index (χ0n) is 9.92. The maximum atomic E-state index is 12.0. The van der Waals surface area contributed by atoms with E-state index in [1.165, 1.54) is 25.0 Å². The zero-order valence-corrected chi connectivity index (χ0v) is 13.1. The molecule has 98 valence electrons. The van der Waals surface area contributed by atoms with Crippen LogP contribution in [0.5, 0.6) is 0 Å². The number of hydrogen-bond acceptors (Lipinski definition) is 2. The minimum atomic E-state index is -0.0903. The van der Waals surface area contributed by atoms with Crippen LogP contribution in [0.4, 0.5) is 0 Å². The van der Waals surface area contributed by atoms with Gasteiger partial charge in [0.05, 0.1) is 10.6 Å². The Labute approximate surface area is 125 Å². The number of benzene rings is 1. The van der Waals surface area contributed by atoms with Gasteiger partial charge < -0.3 is 5.32 Å². The van der Waals surface area contributed by atoms with Crippen molar-refractivity contribution in [2.45, 2.75) is 24.5 Å². The van der Waals surface area contributed by atoms with E-state index < -0.39 is 0 Å². The molecule has 2 nitrogen and oxygen atoms in total. The van der Waals surface area contributed by atoms with Gasteiger partial charge in [0.2, 0.25) is 0 Å². The Kier molecular flexibility index (Phi) is 5.39. The zero-order chi connectivity index (χ0) is 13.0. The van der Waals surface area contributed by atoms with Crippen molar-refractivity contribution in [3.8, 4) is 0 Å². The van der Waals surface area contributed by atoms with E-state index in [-0.39, 0.29) is 5.91 Å². The van der Waals surface area contributed by atoms with Crippen molar-refractivity contribution >= 4 is 45.2 Å². The van der Waals surface area contributed by atoms with Crippen molar-refractivity contribution in [2.24, 2.45) is 0 Å². The molecule has 1 saturated heterocycles. The molecule has 0 bridgehead atoms. The number of carbonyl (C=O) groups is 1. The standard InChI is InChI=1S/C13H15BrClNOS/c14-9-4-5-12(15)11(7-9)13(17)16-8-10-3-1-2-6-18-10/h4-5,7,10H,1-3,6,8H2,(H,16,17). The quantitative estimate of drug-likeness (QED) is 0.890. The van der Waals surface area contributed by atoms with Crippen LogP contribution in [-0.2, 0) is 0 Å². The highest BCUT2D eigenvalue weighted by Gasteiger charge is 2.16. The molecule has 0 aliphatic carbocycles. The van der Waals surface area contributed by atoms with Gasteiger partial charge in [0.25, 0.3) is 5.91 Å². The van der Waals surface area contributed by atoms with Gasteiger partial charge in [0.15, 0.2) is 0 Å². The molecule has 1 fully saturated rings. The third-order valence-corrected chi connectivity index (χ3v) is 5.16. The highest BCUT2D eigenvalue weighted by molar-refractivity contribution is 9.10. The normalized spacial score (nSPS) is 19.6. The molecule has 0 spiro atoms. The van der Waals surface area contributed by atoms with Crippen LogP contribution in [0.15, 0.2) is 22.7 Å². The number of hydrogen-bond donors (Lipinski definition) is 1. The molecule has 5 heteroatoms. The fourth-order valence-electron chi connectivity index (χ4n) is 1.94. The molecule has 1 aliphatic heterocycles. The molecule has 1 aliphatic rings. The lowest BCUT2D eigenvalue weighted by molar-refractivity contribution is 0.0953.